The number of nitrogens with zero attached hydrogens (tertiary/aromatic N) is 1. The highest BCUT2D eigenvalue weighted by molar-refractivity contribution is 6.77. The number of rotatable bonds is 11. The number of carbonyl (C=O) groups is 3. The molecule has 0 spiro atoms. The third kappa shape index (κ3) is 9.15. The van der Waals surface area contributed by atoms with Gasteiger partial charge in [-0.3, -0.25) is 9.59 Å². The first kappa shape index (κ1) is 26.8. The molecular weight excluding hydrogens is 442 g/mol. The van der Waals surface area contributed by atoms with Crippen molar-refractivity contribution in [3.05, 3.63) is 35.9 Å². The Morgan fingerprint density at radius 1 is 1.18 bits per heavy atom. The number of amides is 3. The van der Waals surface area contributed by atoms with Crippen LogP contribution in [0.3, 0.4) is 0 Å². The van der Waals surface area contributed by atoms with Gasteiger partial charge in [0.25, 0.3) is 0 Å². The lowest BCUT2D eigenvalue weighted by Gasteiger charge is -2.30. The zero-order chi connectivity index (χ0) is 24.4. The van der Waals surface area contributed by atoms with Crippen LogP contribution in [0.4, 0.5) is 4.79 Å². The second-order valence-electron chi connectivity index (χ2n) is 9.31. The monoisotopic (exact) mass is 479 g/mol. The van der Waals surface area contributed by atoms with Gasteiger partial charge in [-0.15, -0.1) is 0 Å². The SMILES string of the molecule is COC(=O)CCCC(=O)N1C[C@@H](OCOC(C)[Si](C)(C)C)[C@@H](Cc2ccccc2)NC(=O)N1. The highest BCUT2D eigenvalue weighted by Crippen LogP contribution is 2.16. The van der Waals surface area contributed by atoms with Crippen molar-refractivity contribution in [1.82, 2.24) is 15.8 Å². The molecule has 0 radical (unpaired) electrons. The number of carbonyl (C=O) groups excluding carboxylic acids is 3. The van der Waals surface area contributed by atoms with E-state index in [4.69, 9.17) is 9.47 Å². The van der Waals surface area contributed by atoms with Gasteiger partial charge < -0.3 is 19.5 Å². The summed E-state index contributed by atoms with van der Waals surface area (Å²) in [6.07, 6.45) is 0.645. The van der Waals surface area contributed by atoms with Crippen molar-refractivity contribution < 1.29 is 28.6 Å². The summed E-state index contributed by atoms with van der Waals surface area (Å²) < 4.78 is 16.6. The van der Waals surface area contributed by atoms with E-state index in [1.807, 2.05) is 37.3 Å². The van der Waals surface area contributed by atoms with E-state index in [1.54, 1.807) is 0 Å². The fourth-order valence-electron chi connectivity index (χ4n) is 3.25. The predicted octanol–water partition coefficient (Wildman–Crippen LogP) is 2.62. The highest BCUT2D eigenvalue weighted by atomic mass is 28.3. The summed E-state index contributed by atoms with van der Waals surface area (Å²) >= 11 is 0. The third-order valence-electron chi connectivity index (χ3n) is 5.78. The average molecular weight is 480 g/mol. The summed E-state index contributed by atoms with van der Waals surface area (Å²) in [6, 6.07) is 8.97. The van der Waals surface area contributed by atoms with Gasteiger partial charge in [0.2, 0.25) is 5.91 Å². The Labute approximate surface area is 197 Å². The zero-order valence-electron chi connectivity index (χ0n) is 20.3. The smallest absolute Gasteiger partial charge is 0.333 e. The fourth-order valence-corrected chi connectivity index (χ4v) is 3.82. The van der Waals surface area contributed by atoms with Crippen LogP contribution in [0.1, 0.15) is 31.7 Å². The molecule has 1 unspecified atom stereocenters. The highest BCUT2D eigenvalue weighted by Gasteiger charge is 2.33. The summed E-state index contributed by atoms with van der Waals surface area (Å²) in [5.74, 6) is -0.665. The Bertz CT molecular complexity index is 786. The molecule has 1 aromatic carbocycles. The van der Waals surface area contributed by atoms with E-state index < -0.39 is 20.2 Å². The Balaban J connectivity index is 2.08. The molecule has 2 rings (SSSR count). The molecule has 1 aliphatic heterocycles. The molecule has 33 heavy (non-hydrogen) atoms. The number of urea groups is 1. The van der Waals surface area contributed by atoms with Crippen LogP contribution in [0.2, 0.25) is 19.6 Å². The van der Waals surface area contributed by atoms with Crippen LogP contribution in [0.25, 0.3) is 0 Å². The van der Waals surface area contributed by atoms with Crippen LogP contribution < -0.4 is 10.7 Å². The molecule has 1 heterocycles. The van der Waals surface area contributed by atoms with Gasteiger partial charge in [0.15, 0.2) is 0 Å². The number of nitrogens with one attached hydrogen (secondary N) is 2. The number of methoxy groups -OCH3 is 1. The van der Waals surface area contributed by atoms with E-state index in [0.29, 0.717) is 12.8 Å². The summed E-state index contributed by atoms with van der Waals surface area (Å²) in [5, 5.41) is 4.19. The fraction of sp³-hybridized carbons (Fsp3) is 0.609. The lowest BCUT2D eigenvalue weighted by Crippen LogP contribution is -2.48. The first-order valence-electron chi connectivity index (χ1n) is 11.3. The molecule has 184 valence electrons. The molecule has 3 atom stereocenters. The maximum Gasteiger partial charge on any atom is 0.333 e. The van der Waals surface area contributed by atoms with Gasteiger partial charge in [-0.25, -0.2) is 15.2 Å². The number of hydrogen-bond acceptors (Lipinski definition) is 6. The molecule has 1 aromatic rings. The summed E-state index contributed by atoms with van der Waals surface area (Å²) in [6.45, 7) is 8.95. The lowest BCUT2D eigenvalue weighted by atomic mass is 10.0. The first-order chi connectivity index (χ1) is 15.6. The molecule has 1 aliphatic rings. The van der Waals surface area contributed by atoms with E-state index in [0.717, 1.165) is 5.56 Å². The van der Waals surface area contributed by atoms with Crippen molar-refractivity contribution in [2.45, 2.75) is 70.1 Å². The second kappa shape index (κ2) is 12.7. The number of hydrogen-bond donors (Lipinski definition) is 2. The van der Waals surface area contributed by atoms with Crippen LogP contribution in [0.5, 0.6) is 0 Å². The first-order valence-corrected chi connectivity index (χ1v) is 14.9. The van der Waals surface area contributed by atoms with Crippen molar-refractivity contribution in [3.63, 3.8) is 0 Å². The standard InChI is InChI=1S/C23H37N3O6Si/c1-17(33(3,4)5)31-16-32-20-15-26(21(27)12-9-13-22(28)30-2)25-23(29)24-19(20)14-18-10-7-6-8-11-18/h6-8,10-11,17,19-20H,9,12-16H2,1-5H3,(H2,24,25,29)/t17?,19-,20-/m1/s1. The van der Waals surface area contributed by atoms with Gasteiger partial charge in [-0.2, -0.15) is 0 Å². The number of benzene rings is 1. The van der Waals surface area contributed by atoms with Crippen molar-refractivity contribution in [2.24, 2.45) is 0 Å². The second-order valence-corrected chi connectivity index (χ2v) is 14.9. The minimum atomic E-state index is -1.49. The molecule has 0 aromatic heterocycles. The van der Waals surface area contributed by atoms with Crippen LogP contribution >= 0.6 is 0 Å². The van der Waals surface area contributed by atoms with Crippen molar-refractivity contribution in [2.75, 3.05) is 20.4 Å². The molecule has 9 nitrogen and oxygen atoms in total. The van der Waals surface area contributed by atoms with Crippen LogP contribution in [-0.4, -0.2) is 69.3 Å². The Kier molecular flexibility index (Phi) is 10.3. The van der Waals surface area contributed by atoms with Gasteiger partial charge in [0.05, 0.1) is 27.8 Å². The van der Waals surface area contributed by atoms with Crippen LogP contribution in [0.15, 0.2) is 30.3 Å². The quantitative estimate of drug-likeness (QED) is 0.287. The Morgan fingerprint density at radius 2 is 1.88 bits per heavy atom. The van der Waals surface area contributed by atoms with Crippen molar-refractivity contribution in [3.8, 4) is 0 Å². The molecule has 10 heteroatoms. The van der Waals surface area contributed by atoms with Crippen molar-refractivity contribution in [1.29, 1.82) is 0 Å². The minimum absolute atomic E-state index is 0.0711. The zero-order valence-corrected chi connectivity index (χ0v) is 21.3. The van der Waals surface area contributed by atoms with Crippen molar-refractivity contribution >= 4 is 26.0 Å². The largest absolute Gasteiger partial charge is 0.469 e. The third-order valence-corrected chi connectivity index (χ3v) is 8.39. The maximum atomic E-state index is 12.7. The molecule has 3 amide bonds. The Morgan fingerprint density at radius 3 is 2.52 bits per heavy atom. The van der Waals surface area contributed by atoms with Gasteiger partial charge in [0.1, 0.15) is 12.9 Å². The normalized spacial score (nSPS) is 19.8. The molecule has 2 N–H and O–H groups in total. The maximum absolute atomic E-state index is 12.7. The number of ether oxygens (including phenoxy) is 3. The van der Waals surface area contributed by atoms with Gasteiger partial charge >= 0.3 is 12.0 Å². The number of esters is 1. The van der Waals surface area contributed by atoms with E-state index >= 15 is 0 Å². The Hall–Kier alpha value is -2.43. The van der Waals surface area contributed by atoms with E-state index in [9.17, 15) is 14.4 Å². The molecule has 1 fully saturated rings. The van der Waals surface area contributed by atoms with E-state index in [2.05, 4.69) is 35.1 Å². The summed E-state index contributed by atoms with van der Waals surface area (Å²) in [5.41, 5.74) is 3.75. The minimum Gasteiger partial charge on any atom is -0.469 e. The molecule has 0 bridgehead atoms. The predicted molar refractivity (Wildman–Crippen MR) is 127 cm³/mol. The summed E-state index contributed by atoms with van der Waals surface area (Å²) in [7, 11) is -0.181. The van der Waals surface area contributed by atoms with Crippen LogP contribution in [0, 0.1) is 0 Å². The lowest BCUT2D eigenvalue weighted by molar-refractivity contribution is -0.142. The molecule has 0 saturated carbocycles. The van der Waals surface area contributed by atoms with Gasteiger partial charge in [0, 0.05) is 18.6 Å². The van der Waals surface area contributed by atoms with Crippen LogP contribution in [-0.2, 0) is 30.2 Å². The topological polar surface area (TPSA) is 106 Å². The molecule has 1 saturated heterocycles. The number of hydrazine groups is 1. The summed E-state index contributed by atoms with van der Waals surface area (Å²) in [4.78, 5) is 36.6. The molecule has 0 aliphatic carbocycles. The van der Waals surface area contributed by atoms with Gasteiger partial charge in [-0.1, -0.05) is 50.0 Å². The van der Waals surface area contributed by atoms with E-state index in [-0.39, 0.29) is 49.8 Å². The van der Waals surface area contributed by atoms with E-state index in [1.165, 1.54) is 12.1 Å². The molecular formula is C23H37N3O6Si. The van der Waals surface area contributed by atoms with Gasteiger partial charge in [-0.05, 0) is 25.3 Å². The average Bonchev–Trinajstić information content (AvgIpc) is 2.92.